The first kappa shape index (κ1) is 19.9. The van der Waals surface area contributed by atoms with Gasteiger partial charge in [-0.1, -0.05) is 24.3 Å². The number of carbonyl (C=O) groups excluding carboxylic acids is 1. The van der Waals surface area contributed by atoms with Crippen LogP contribution in [0.25, 0.3) is 0 Å². The number of hydrogen-bond acceptors (Lipinski definition) is 3. The van der Waals surface area contributed by atoms with Crippen LogP contribution in [-0.2, 0) is 19.0 Å². The van der Waals surface area contributed by atoms with Crippen molar-refractivity contribution in [1.82, 2.24) is 4.98 Å². The second-order valence-electron chi connectivity index (χ2n) is 7.34. The fourth-order valence-electron chi connectivity index (χ4n) is 3.74. The third-order valence-corrected chi connectivity index (χ3v) is 5.03. The van der Waals surface area contributed by atoms with Crippen molar-refractivity contribution < 1.29 is 18.0 Å². The van der Waals surface area contributed by atoms with Crippen molar-refractivity contribution >= 4 is 17.4 Å². The van der Waals surface area contributed by atoms with Crippen molar-refractivity contribution in [2.75, 3.05) is 17.2 Å². The largest absolute Gasteiger partial charge is 0.416 e. The Bertz CT molecular complexity index is 1110. The van der Waals surface area contributed by atoms with E-state index in [4.69, 9.17) is 0 Å². The average molecular weight is 411 g/mol. The standard InChI is InChI=1S/C23H20F3N3O/c1-14-10-16(11-15-4-2-5-17(12-15)23(24,25)26)13-21(28-14)29-22(30)19-6-3-7-20-18(19)8-9-27-20/h2-7,10,12-13,27H,8-9,11H2,1H3,(H,28,29,30). The molecule has 0 spiro atoms. The molecule has 0 bridgehead atoms. The highest BCUT2D eigenvalue weighted by Crippen LogP contribution is 2.30. The summed E-state index contributed by atoms with van der Waals surface area (Å²) in [6.07, 6.45) is -3.30. The molecule has 4 nitrogen and oxygen atoms in total. The highest BCUT2D eigenvalue weighted by Gasteiger charge is 2.30. The van der Waals surface area contributed by atoms with Gasteiger partial charge in [-0.25, -0.2) is 4.98 Å². The lowest BCUT2D eigenvalue weighted by molar-refractivity contribution is -0.137. The van der Waals surface area contributed by atoms with Crippen LogP contribution >= 0.6 is 0 Å². The Morgan fingerprint density at radius 3 is 2.70 bits per heavy atom. The van der Waals surface area contributed by atoms with Crippen LogP contribution in [-0.4, -0.2) is 17.4 Å². The molecule has 154 valence electrons. The van der Waals surface area contributed by atoms with E-state index in [-0.39, 0.29) is 5.91 Å². The maximum absolute atomic E-state index is 13.0. The summed E-state index contributed by atoms with van der Waals surface area (Å²) < 4.78 is 38.9. The van der Waals surface area contributed by atoms with Crippen molar-refractivity contribution in [3.63, 3.8) is 0 Å². The number of aromatic nitrogens is 1. The highest BCUT2D eigenvalue weighted by atomic mass is 19.4. The number of benzene rings is 2. The number of amides is 1. The lowest BCUT2D eigenvalue weighted by atomic mass is 10.0. The summed E-state index contributed by atoms with van der Waals surface area (Å²) >= 11 is 0. The first-order valence-electron chi connectivity index (χ1n) is 9.60. The lowest BCUT2D eigenvalue weighted by Gasteiger charge is -2.12. The quantitative estimate of drug-likeness (QED) is 0.619. The Balaban J connectivity index is 1.56. The van der Waals surface area contributed by atoms with Gasteiger partial charge in [-0.15, -0.1) is 0 Å². The van der Waals surface area contributed by atoms with Crippen molar-refractivity contribution in [2.45, 2.75) is 25.9 Å². The predicted molar refractivity (Wildman–Crippen MR) is 110 cm³/mol. The number of alkyl halides is 3. The van der Waals surface area contributed by atoms with Crippen LogP contribution in [0, 0.1) is 6.92 Å². The van der Waals surface area contributed by atoms with Gasteiger partial charge in [-0.05, 0) is 66.8 Å². The minimum Gasteiger partial charge on any atom is -0.384 e. The van der Waals surface area contributed by atoms with Gasteiger partial charge in [0.1, 0.15) is 5.82 Å². The Morgan fingerprint density at radius 1 is 1.10 bits per heavy atom. The molecule has 0 unspecified atom stereocenters. The molecular weight excluding hydrogens is 391 g/mol. The van der Waals surface area contributed by atoms with E-state index in [2.05, 4.69) is 15.6 Å². The fourth-order valence-corrected chi connectivity index (χ4v) is 3.74. The molecule has 0 atom stereocenters. The third kappa shape index (κ3) is 4.30. The van der Waals surface area contributed by atoms with Crippen LogP contribution in [0.15, 0.2) is 54.6 Å². The van der Waals surface area contributed by atoms with Crippen LogP contribution < -0.4 is 10.6 Å². The number of rotatable bonds is 4. The van der Waals surface area contributed by atoms with Gasteiger partial charge in [0, 0.05) is 23.5 Å². The molecule has 0 saturated heterocycles. The summed E-state index contributed by atoms with van der Waals surface area (Å²) in [5.41, 5.74) is 3.86. The zero-order valence-corrected chi connectivity index (χ0v) is 16.3. The zero-order valence-electron chi connectivity index (χ0n) is 16.3. The molecule has 0 radical (unpaired) electrons. The number of nitrogens with zero attached hydrogens (tertiary/aromatic N) is 1. The monoisotopic (exact) mass is 411 g/mol. The molecule has 3 aromatic rings. The number of fused-ring (bicyclic) bond motifs is 1. The van der Waals surface area contributed by atoms with E-state index < -0.39 is 11.7 Å². The summed E-state index contributed by atoms with van der Waals surface area (Å²) in [7, 11) is 0. The van der Waals surface area contributed by atoms with Gasteiger partial charge in [0.15, 0.2) is 0 Å². The second kappa shape index (κ2) is 7.82. The minimum absolute atomic E-state index is 0.251. The van der Waals surface area contributed by atoms with Gasteiger partial charge in [0.2, 0.25) is 0 Å². The summed E-state index contributed by atoms with van der Waals surface area (Å²) in [5.74, 6) is 0.129. The van der Waals surface area contributed by atoms with Gasteiger partial charge in [0.05, 0.1) is 5.56 Å². The number of nitrogens with one attached hydrogen (secondary N) is 2. The number of anilines is 2. The van der Waals surface area contributed by atoms with Gasteiger partial charge >= 0.3 is 6.18 Å². The molecule has 30 heavy (non-hydrogen) atoms. The maximum Gasteiger partial charge on any atom is 0.416 e. The molecule has 0 fully saturated rings. The molecule has 0 saturated carbocycles. The molecule has 2 aromatic carbocycles. The lowest BCUT2D eigenvalue weighted by Crippen LogP contribution is -2.15. The summed E-state index contributed by atoms with van der Waals surface area (Å²) in [6, 6.07) is 14.3. The van der Waals surface area contributed by atoms with Crippen molar-refractivity contribution in [3.8, 4) is 0 Å². The van der Waals surface area contributed by atoms with Crippen LogP contribution in [0.3, 0.4) is 0 Å². The van der Waals surface area contributed by atoms with E-state index in [1.54, 1.807) is 31.2 Å². The molecule has 7 heteroatoms. The number of halogens is 3. The summed E-state index contributed by atoms with van der Waals surface area (Å²) in [4.78, 5) is 17.2. The minimum atomic E-state index is -4.38. The van der Waals surface area contributed by atoms with E-state index >= 15 is 0 Å². The molecule has 1 aliphatic rings. The van der Waals surface area contributed by atoms with E-state index in [1.807, 2.05) is 12.1 Å². The molecule has 1 amide bonds. The number of hydrogen-bond donors (Lipinski definition) is 2. The van der Waals surface area contributed by atoms with Crippen LogP contribution in [0.2, 0.25) is 0 Å². The Labute approximate surface area is 172 Å². The summed E-state index contributed by atoms with van der Waals surface area (Å²) in [6.45, 7) is 2.58. The third-order valence-electron chi connectivity index (χ3n) is 5.03. The van der Waals surface area contributed by atoms with Crippen LogP contribution in [0.1, 0.15) is 38.3 Å². The van der Waals surface area contributed by atoms with Crippen LogP contribution in [0.5, 0.6) is 0 Å². The first-order valence-corrected chi connectivity index (χ1v) is 9.60. The molecule has 1 aliphatic heterocycles. The second-order valence-corrected chi connectivity index (χ2v) is 7.34. The Hall–Kier alpha value is -3.35. The normalized spacial score (nSPS) is 12.9. The molecule has 1 aromatic heterocycles. The van der Waals surface area contributed by atoms with Crippen molar-refractivity contribution in [1.29, 1.82) is 0 Å². The number of pyridine rings is 1. The van der Waals surface area contributed by atoms with E-state index in [1.165, 1.54) is 6.07 Å². The first-order chi connectivity index (χ1) is 14.3. The van der Waals surface area contributed by atoms with Crippen molar-refractivity contribution in [2.24, 2.45) is 0 Å². The highest BCUT2D eigenvalue weighted by molar-refractivity contribution is 6.06. The van der Waals surface area contributed by atoms with E-state index in [0.717, 1.165) is 41.9 Å². The molecule has 4 rings (SSSR count). The average Bonchev–Trinajstić information content (AvgIpc) is 3.16. The van der Waals surface area contributed by atoms with E-state index in [0.29, 0.717) is 29.1 Å². The molecule has 0 aliphatic carbocycles. The van der Waals surface area contributed by atoms with Crippen molar-refractivity contribution in [3.05, 3.63) is 88.1 Å². The molecule has 2 heterocycles. The smallest absolute Gasteiger partial charge is 0.384 e. The maximum atomic E-state index is 13.0. The van der Waals surface area contributed by atoms with Gasteiger partial charge in [-0.2, -0.15) is 13.2 Å². The molecular formula is C23H20F3N3O. The number of aryl methyl sites for hydroxylation is 1. The van der Waals surface area contributed by atoms with Gasteiger partial charge in [0.25, 0.3) is 5.91 Å². The molecule has 2 N–H and O–H groups in total. The predicted octanol–water partition coefficient (Wildman–Crippen LogP) is 5.22. The Kier molecular flexibility index (Phi) is 5.20. The topological polar surface area (TPSA) is 54.0 Å². The summed E-state index contributed by atoms with van der Waals surface area (Å²) in [5, 5.41) is 6.08. The zero-order chi connectivity index (χ0) is 21.3. The van der Waals surface area contributed by atoms with Crippen LogP contribution in [0.4, 0.5) is 24.7 Å². The fraction of sp³-hybridized carbons (Fsp3) is 0.217. The Morgan fingerprint density at radius 2 is 1.90 bits per heavy atom. The van der Waals surface area contributed by atoms with Gasteiger partial charge in [-0.3, -0.25) is 4.79 Å². The van der Waals surface area contributed by atoms with E-state index in [9.17, 15) is 18.0 Å². The van der Waals surface area contributed by atoms with Gasteiger partial charge < -0.3 is 10.6 Å². The SMILES string of the molecule is Cc1cc(Cc2cccc(C(F)(F)F)c2)cc(NC(=O)c2cccc3c2CCN3)n1. The number of carbonyl (C=O) groups is 1.